The van der Waals surface area contributed by atoms with Crippen LogP contribution in [0.5, 0.6) is 5.75 Å². The summed E-state index contributed by atoms with van der Waals surface area (Å²) in [6.45, 7) is 7.00. The lowest BCUT2D eigenvalue weighted by atomic mass is 10.1. The Labute approximate surface area is 120 Å². The average molecular weight is 276 g/mol. The molecule has 1 fully saturated rings. The Morgan fingerprint density at radius 3 is 2.65 bits per heavy atom. The van der Waals surface area contributed by atoms with Crippen molar-refractivity contribution in [2.24, 2.45) is 0 Å². The first kappa shape index (κ1) is 14.9. The summed E-state index contributed by atoms with van der Waals surface area (Å²) in [6, 6.07) is 5.32. The number of nitrogens with zero attached hydrogens (tertiary/aromatic N) is 1. The molecule has 1 heterocycles. The summed E-state index contributed by atoms with van der Waals surface area (Å²) < 4.78 is 5.58. The van der Waals surface area contributed by atoms with Crippen molar-refractivity contribution in [3.05, 3.63) is 23.8 Å². The van der Waals surface area contributed by atoms with Crippen LogP contribution in [-0.4, -0.2) is 36.4 Å². The Morgan fingerprint density at radius 2 is 2.05 bits per heavy atom. The van der Waals surface area contributed by atoms with Crippen LogP contribution in [0.25, 0.3) is 0 Å². The van der Waals surface area contributed by atoms with E-state index in [0.29, 0.717) is 23.4 Å². The van der Waals surface area contributed by atoms with Gasteiger partial charge in [0.15, 0.2) is 5.78 Å². The highest BCUT2D eigenvalue weighted by Crippen LogP contribution is 2.24. The SMILES string of the molecule is CC(C)Oc1ccc(C(=O)CCN2CCCC2)cc1N. The molecule has 0 aromatic heterocycles. The molecule has 1 aliphatic heterocycles. The molecule has 0 amide bonds. The molecule has 0 spiro atoms. The number of rotatable bonds is 6. The average Bonchev–Trinajstić information content (AvgIpc) is 2.91. The molecule has 0 radical (unpaired) electrons. The first-order valence-corrected chi connectivity index (χ1v) is 7.38. The Balaban J connectivity index is 1.94. The van der Waals surface area contributed by atoms with E-state index in [-0.39, 0.29) is 11.9 Å². The minimum absolute atomic E-state index is 0.0778. The van der Waals surface area contributed by atoms with Gasteiger partial charge in [-0.05, 0) is 58.0 Å². The van der Waals surface area contributed by atoms with Crippen LogP contribution in [0.1, 0.15) is 43.5 Å². The molecule has 0 bridgehead atoms. The van der Waals surface area contributed by atoms with E-state index in [2.05, 4.69) is 4.90 Å². The molecule has 1 aliphatic rings. The minimum atomic E-state index is 0.0778. The smallest absolute Gasteiger partial charge is 0.164 e. The minimum Gasteiger partial charge on any atom is -0.489 e. The third-order valence-corrected chi connectivity index (χ3v) is 3.55. The second-order valence-electron chi connectivity index (χ2n) is 5.64. The van der Waals surface area contributed by atoms with Crippen LogP contribution in [0.3, 0.4) is 0 Å². The fraction of sp³-hybridized carbons (Fsp3) is 0.562. The molecule has 4 nitrogen and oxygen atoms in total. The highest BCUT2D eigenvalue weighted by atomic mass is 16.5. The highest BCUT2D eigenvalue weighted by molar-refractivity contribution is 5.97. The third-order valence-electron chi connectivity index (χ3n) is 3.55. The van der Waals surface area contributed by atoms with Gasteiger partial charge in [-0.25, -0.2) is 0 Å². The van der Waals surface area contributed by atoms with Crippen LogP contribution in [0.2, 0.25) is 0 Å². The number of hydrogen-bond acceptors (Lipinski definition) is 4. The molecule has 1 saturated heterocycles. The van der Waals surface area contributed by atoms with Crippen LogP contribution in [0.15, 0.2) is 18.2 Å². The van der Waals surface area contributed by atoms with Crippen molar-refractivity contribution >= 4 is 11.5 Å². The molecule has 0 unspecified atom stereocenters. The van der Waals surface area contributed by atoms with Crippen LogP contribution in [-0.2, 0) is 0 Å². The zero-order valence-corrected chi connectivity index (χ0v) is 12.4. The Morgan fingerprint density at radius 1 is 1.35 bits per heavy atom. The van der Waals surface area contributed by atoms with E-state index in [1.54, 1.807) is 18.2 Å². The van der Waals surface area contributed by atoms with Crippen molar-refractivity contribution in [2.45, 2.75) is 39.2 Å². The topological polar surface area (TPSA) is 55.6 Å². The summed E-state index contributed by atoms with van der Waals surface area (Å²) in [5.41, 5.74) is 7.15. The zero-order chi connectivity index (χ0) is 14.5. The van der Waals surface area contributed by atoms with Crippen LogP contribution in [0, 0.1) is 0 Å². The molecule has 1 aromatic rings. The molecule has 0 atom stereocenters. The van der Waals surface area contributed by atoms with Gasteiger partial charge in [0.1, 0.15) is 5.75 Å². The number of nitrogens with two attached hydrogens (primary N) is 1. The predicted octanol–water partition coefficient (Wildman–Crippen LogP) is 2.72. The van der Waals surface area contributed by atoms with Gasteiger partial charge in [0.25, 0.3) is 0 Å². The summed E-state index contributed by atoms with van der Waals surface area (Å²) in [7, 11) is 0. The third kappa shape index (κ3) is 3.97. The molecule has 2 N–H and O–H groups in total. The van der Waals surface area contributed by atoms with E-state index in [0.717, 1.165) is 19.6 Å². The summed E-state index contributed by atoms with van der Waals surface area (Å²) in [5, 5.41) is 0. The number of carbonyl (C=O) groups is 1. The van der Waals surface area contributed by atoms with Gasteiger partial charge < -0.3 is 15.4 Å². The van der Waals surface area contributed by atoms with E-state index in [1.165, 1.54) is 12.8 Å². The number of nitrogen functional groups attached to an aromatic ring is 1. The molecule has 0 saturated carbocycles. The summed E-state index contributed by atoms with van der Waals surface area (Å²) >= 11 is 0. The van der Waals surface area contributed by atoms with E-state index < -0.39 is 0 Å². The Hall–Kier alpha value is -1.55. The number of ether oxygens (including phenoxy) is 1. The van der Waals surface area contributed by atoms with Crippen LogP contribution in [0.4, 0.5) is 5.69 Å². The first-order chi connectivity index (χ1) is 9.56. The number of anilines is 1. The van der Waals surface area contributed by atoms with Crippen molar-refractivity contribution in [1.82, 2.24) is 4.90 Å². The van der Waals surface area contributed by atoms with Gasteiger partial charge in [-0.15, -0.1) is 0 Å². The van der Waals surface area contributed by atoms with Crippen molar-refractivity contribution in [1.29, 1.82) is 0 Å². The number of Topliss-reactive ketones (excluding diaryl/α,β-unsaturated/α-hetero) is 1. The van der Waals surface area contributed by atoms with Gasteiger partial charge in [-0.2, -0.15) is 0 Å². The number of ketones is 1. The largest absolute Gasteiger partial charge is 0.489 e. The molecule has 2 rings (SSSR count). The number of likely N-dealkylation sites (tertiary alicyclic amines) is 1. The van der Waals surface area contributed by atoms with Crippen molar-refractivity contribution in [3.8, 4) is 5.75 Å². The quantitative estimate of drug-likeness (QED) is 0.641. The molecule has 0 aliphatic carbocycles. The molecule has 110 valence electrons. The van der Waals surface area contributed by atoms with E-state index in [9.17, 15) is 4.79 Å². The molecular formula is C16H24N2O2. The maximum absolute atomic E-state index is 12.2. The second kappa shape index (κ2) is 6.75. The maximum Gasteiger partial charge on any atom is 0.164 e. The van der Waals surface area contributed by atoms with E-state index in [4.69, 9.17) is 10.5 Å². The monoisotopic (exact) mass is 276 g/mol. The van der Waals surface area contributed by atoms with Crippen molar-refractivity contribution < 1.29 is 9.53 Å². The predicted molar refractivity (Wildman–Crippen MR) is 81.2 cm³/mol. The number of benzene rings is 1. The lowest BCUT2D eigenvalue weighted by Gasteiger charge is -2.15. The lowest BCUT2D eigenvalue weighted by molar-refractivity contribution is 0.0969. The molecule has 20 heavy (non-hydrogen) atoms. The second-order valence-corrected chi connectivity index (χ2v) is 5.64. The summed E-state index contributed by atoms with van der Waals surface area (Å²) in [6.07, 6.45) is 3.14. The van der Waals surface area contributed by atoms with Crippen molar-refractivity contribution in [3.63, 3.8) is 0 Å². The molecule has 1 aromatic carbocycles. The van der Waals surface area contributed by atoms with Crippen LogP contribution >= 0.6 is 0 Å². The van der Waals surface area contributed by atoms with Crippen LogP contribution < -0.4 is 10.5 Å². The zero-order valence-electron chi connectivity index (χ0n) is 12.4. The van der Waals surface area contributed by atoms with Gasteiger partial charge in [-0.3, -0.25) is 4.79 Å². The number of hydrogen-bond donors (Lipinski definition) is 1. The number of carbonyl (C=O) groups excluding carboxylic acids is 1. The van der Waals surface area contributed by atoms with Crippen molar-refractivity contribution in [2.75, 3.05) is 25.4 Å². The van der Waals surface area contributed by atoms with Gasteiger partial charge in [0.05, 0.1) is 11.8 Å². The Kier molecular flexibility index (Phi) is 5.01. The fourth-order valence-electron chi connectivity index (χ4n) is 2.49. The standard InChI is InChI=1S/C16H24N2O2/c1-12(2)20-16-6-5-13(11-14(16)17)15(19)7-10-18-8-3-4-9-18/h5-6,11-12H,3-4,7-10,17H2,1-2H3. The lowest BCUT2D eigenvalue weighted by Crippen LogP contribution is -2.22. The van der Waals surface area contributed by atoms with Gasteiger partial charge in [0.2, 0.25) is 0 Å². The van der Waals surface area contributed by atoms with Gasteiger partial charge in [0, 0.05) is 18.5 Å². The Bertz CT molecular complexity index is 466. The van der Waals surface area contributed by atoms with E-state index in [1.807, 2.05) is 13.8 Å². The molecular weight excluding hydrogens is 252 g/mol. The first-order valence-electron chi connectivity index (χ1n) is 7.38. The summed E-state index contributed by atoms with van der Waals surface area (Å²) in [4.78, 5) is 14.5. The normalized spacial score (nSPS) is 15.8. The maximum atomic E-state index is 12.2. The van der Waals surface area contributed by atoms with Gasteiger partial charge >= 0.3 is 0 Å². The van der Waals surface area contributed by atoms with Gasteiger partial charge in [-0.1, -0.05) is 0 Å². The highest BCUT2D eigenvalue weighted by Gasteiger charge is 2.14. The summed E-state index contributed by atoms with van der Waals surface area (Å²) in [5.74, 6) is 0.802. The van der Waals surface area contributed by atoms with E-state index >= 15 is 0 Å². The molecule has 4 heteroatoms. The fourth-order valence-corrected chi connectivity index (χ4v) is 2.49.